The molecule has 0 aliphatic carbocycles. The summed E-state index contributed by atoms with van der Waals surface area (Å²) in [5, 5.41) is 20.5. The number of carboxylic acids is 1. The number of aliphatic imine (C=N–C) groups is 1. The van der Waals surface area contributed by atoms with Gasteiger partial charge in [0.2, 0.25) is 0 Å². The molecule has 0 spiro atoms. The highest BCUT2D eigenvalue weighted by atomic mass is 32.2. The molecule has 0 atom stereocenters. The molecule has 0 radical (unpaired) electrons. The summed E-state index contributed by atoms with van der Waals surface area (Å²) in [4.78, 5) is 40.2. The number of nitro benzene ring substituents is 1. The Bertz CT molecular complexity index is 1040. The van der Waals surface area contributed by atoms with Gasteiger partial charge in [0.25, 0.3) is 11.6 Å². The van der Waals surface area contributed by atoms with Crippen LogP contribution in [0.25, 0.3) is 6.08 Å². The monoisotopic (exact) mass is 397 g/mol. The molecule has 142 valence electrons. The summed E-state index contributed by atoms with van der Waals surface area (Å²) >= 11 is 1.15. The molecule has 1 aliphatic rings. The number of hydrogen-bond acceptors (Lipinski definition) is 6. The average molecular weight is 397 g/mol. The molecular formula is C19H15N3O5S. The lowest BCUT2D eigenvalue weighted by Crippen LogP contribution is -2.23. The quantitative estimate of drug-likeness (QED) is 0.476. The number of carbonyl (C=O) groups excluding carboxylic acids is 1. The molecule has 8 nitrogen and oxygen atoms in total. The maximum absolute atomic E-state index is 12.5. The van der Waals surface area contributed by atoms with Crippen LogP contribution in [0.4, 0.5) is 11.4 Å². The third-order valence-corrected chi connectivity index (χ3v) is 5.13. The highest BCUT2D eigenvalue weighted by Gasteiger charge is 2.30. The van der Waals surface area contributed by atoms with Gasteiger partial charge in [-0.25, -0.2) is 9.79 Å². The van der Waals surface area contributed by atoms with Gasteiger partial charge in [0.05, 0.1) is 21.1 Å². The number of amides is 1. The summed E-state index contributed by atoms with van der Waals surface area (Å²) in [5.41, 5.74) is 1.74. The molecule has 1 aliphatic heterocycles. The fourth-order valence-electron chi connectivity index (χ4n) is 2.50. The molecule has 9 heteroatoms. The van der Waals surface area contributed by atoms with Crippen molar-refractivity contribution in [3.8, 4) is 0 Å². The van der Waals surface area contributed by atoms with Crippen molar-refractivity contribution in [2.24, 2.45) is 4.99 Å². The zero-order valence-electron chi connectivity index (χ0n) is 14.9. The second-order valence-electron chi connectivity index (χ2n) is 6.02. The number of thioether (sulfide) groups is 1. The zero-order valence-corrected chi connectivity index (χ0v) is 15.8. The normalized spacial score (nSPS) is 16.8. The zero-order chi connectivity index (χ0) is 20.4. The first-order chi connectivity index (χ1) is 13.3. The van der Waals surface area contributed by atoms with E-state index in [9.17, 15) is 19.7 Å². The number of aryl methyl sites for hydroxylation is 1. The second-order valence-corrected chi connectivity index (χ2v) is 7.03. The van der Waals surface area contributed by atoms with Crippen molar-refractivity contribution in [2.45, 2.75) is 6.92 Å². The number of aromatic carboxylic acids is 1. The van der Waals surface area contributed by atoms with Crippen LogP contribution in [0.1, 0.15) is 21.5 Å². The second kappa shape index (κ2) is 7.65. The lowest BCUT2D eigenvalue weighted by Gasteiger charge is -2.07. The number of hydrogen-bond donors (Lipinski definition) is 1. The van der Waals surface area contributed by atoms with Crippen LogP contribution in [-0.2, 0) is 4.79 Å². The Morgan fingerprint density at radius 3 is 2.54 bits per heavy atom. The van der Waals surface area contributed by atoms with Crippen LogP contribution in [0.15, 0.2) is 52.4 Å². The minimum Gasteiger partial charge on any atom is -0.478 e. The van der Waals surface area contributed by atoms with Crippen LogP contribution < -0.4 is 0 Å². The molecule has 1 fully saturated rings. The van der Waals surface area contributed by atoms with E-state index in [0.717, 1.165) is 11.8 Å². The van der Waals surface area contributed by atoms with Crippen molar-refractivity contribution in [3.05, 3.63) is 74.2 Å². The van der Waals surface area contributed by atoms with E-state index >= 15 is 0 Å². The summed E-state index contributed by atoms with van der Waals surface area (Å²) in [5.74, 6) is -1.30. The molecule has 1 N–H and O–H groups in total. The molecule has 0 bridgehead atoms. The summed E-state index contributed by atoms with van der Waals surface area (Å²) in [6.45, 7) is 1.65. The molecular weight excluding hydrogens is 382 g/mol. The summed E-state index contributed by atoms with van der Waals surface area (Å²) < 4.78 is 0. The number of amidine groups is 1. The number of likely N-dealkylation sites (N-methyl/N-ethyl adjacent to an activating group) is 1. The van der Waals surface area contributed by atoms with Gasteiger partial charge in [-0.3, -0.25) is 19.8 Å². The number of carboxylic acid groups (broad SMARTS) is 1. The van der Waals surface area contributed by atoms with Gasteiger partial charge in [-0.15, -0.1) is 0 Å². The maximum atomic E-state index is 12.5. The molecule has 2 aromatic rings. The number of carbonyl (C=O) groups is 2. The minimum atomic E-state index is -1.03. The van der Waals surface area contributed by atoms with E-state index in [1.54, 1.807) is 44.3 Å². The van der Waals surface area contributed by atoms with Gasteiger partial charge in [-0.1, -0.05) is 12.1 Å². The van der Waals surface area contributed by atoms with Crippen molar-refractivity contribution in [1.82, 2.24) is 4.90 Å². The number of nitrogens with zero attached hydrogens (tertiary/aromatic N) is 3. The van der Waals surface area contributed by atoms with E-state index in [-0.39, 0.29) is 17.2 Å². The van der Waals surface area contributed by atoms with E-state index < -0.39 is 10.9 Å². The number of benzene rings is 2. The molecule has 2 aromatic carbocycles. The smallest absolute Gasteiger partial charge is 0.335 e. The first-order valence-electron chi connectivity index (χ1n) is 8.11. The third-order valence-electron chi connectivity index (χ3n) is 4.07. The van der Waals surface area contributed by atoms with Gasteiger partial charge >= 0.3 is 5.97 Å². The first kappa shape index (κ1) is 19.3. The molecule has 0 saturated carbocycles. The van der Waals surface area contributed by atoms with E-state index in [4.69, 9.17) is 5.11 Å². The van der Waals surface area contributed by atoms with Crippen molar-refractivity contribution in [2.75, 3.05) is 7.05 Å². The Hall–Kier alpha value is -3.46. The van der Waals surface area contributed by atoms with Crippen LogP contribution in [0.3, 0.4) is 0 Å². The summed E-state index contributed by atoms with van der Waals surface area (Å²) in [7, 11) is 1.58. The first-order valence-corrected chi connectivity index (χ1v) is 8.92. The summed E-state index contributed by atoms with van der Waals surface area (Å²) in [6, 6.07) is 10.8. The molecule has 1 heterocycles. The molecule has 0 unspecified atom stereocenters. The molecule has 1 saturated heterocycles. The molecule has 3 rings (SSSR count). The van der Waals surface area contributed by atoms with Gasteiger partial charge in [-0.05, 0) is 54.6 Å². The Balaban J connectivity index is 1.89. The highest BCUT2D eigenvalue weighted by Crippen LogP contribution is 2.33. The fraction of sp³-hybridized carbons (Fsp3) is 0.105. The van der Waals surface area contributed by atoms with E-state index in [0.29, 0.717) is 26.9 Å². The van der Waals surface area contributed by atoms with Crippen LogP contribution in [0.5, 0.6) is 0 Å². The Morgan fingerprint density at radius 1 is 1.25 bits per heavy atom. The predicted octanol–water partition coefficient (Wildman–Crippen LogP) is 3.84. The SMILES string of the molecule is Cc1ccc(/C=C2/SC(=Nc3ccc(C(=O)O)cc3)N(C)C2=O)cc1[N+](=O)[O-]. The lowest BCUT2D eigenvalue weighted by atomic mass is 10.1. The standard InChI is InChI=1S/C19H15N3O5S/c1-11-3-4-12(9-15(11)22(26)27)10-16-17(23)21(2)19(28-16)20-14-7-5-13(6-8-14)18(24)25/h3-10H,1-2H3,(H,24,25)/b16-10+,20-19?. The maximum Gasteiger partial charge on any atom is 0.335 e. The van der Waals surface area contributed by atoms with E-state index in [1.807, 2.05) is 0 Å². The molecule has 1 amide bonds. The third kappa shape index (κ3) is 3.94. The lowest BCUT2D eigenvalue weighted by molar-refractivity contribution is -0.385. The minimum absolute atomic E-state index is 0.00874. The summed E-state index contributed by atoms with van der Waals surface area (Å²) in [6.07, 6.45) is 1.59. The van der Waals surface area contributed by atoms with Gasteiger partial charge in [0.1, 0.15) is 0 Å². The molecule has 0 aromatic heterocycles. The predicted molar refractivity (Wildman–Crippen MR) is 107 cm³/mol. The average Bonchev–Trinajstić information content (AvgIpc) is 2.91. The molecule has 28 heavy (non-hydrogen) atoms. The van der Waals surface area contributed by atoms with Crippen LogP contribution in [-0.4, -0.2) is 39.0 Å². The fourth-order valence-corrected chi connectivity index (χ4v) is 3.49. The number of rotatable bonds is 4. The van der Waals surface area contributed by atoms with Crippen LogP contribution in [0, 0.1) is 17.0 Å². The topological polar surface area (TPSA) is 113 Å². The largest absolute Gasteiger partial charge is 0.478 e. The van der Waals surface area contributed by atoms with Crippen molar-refractivity contribution < 1.29 is 19.6 Å². The van der Waals surface area contributed by atoms with Gasteiger partial charge < -0.3 is 5.11 Å². The van der Waals surface area contributed by atoms with Gasteiger partial charge in [0.15, 0.2) is 5.17 Å². The van der Waals surface area contributed by atoms with Crippen molar-refractivity contribution >= 4 is 46.3 Å². The van der Waals surface area contributed by atoms with E-state index in [2.05, 4.69) is 4.99 Å². The van der Waals surface area contributed by atoms with Crippen LogP contribution >= 0.6 is 11.8 Å². The number of nitro groups is 1. The Kier molecular flexibility index (Phi) is 5.27. The Morgan fingerprint density at radius 2 is 1.93 bits per heavy atom. The van der Waals surface area contributed by atoms with E-state index in [1.165, 1.54) is 23.1 Å². The van der Waals surface area contributed by atoms with Gasteiger partial charge in [0, 0.05) is 18.7 Å². The Labute approximate surface area is 164 Å². The van der Waals surface area contributed by atoms with Crippen molar-refractivity contribution in [3.63, 3.8) is 0 Å². The highest BCUT2D eigenvalue weighted by molar-refractivity contribution is 8.18. The van der Waals surface area contributed by atoms with Gasteiger partial charge in [-0.2, -0.15) is 0 Å². The van der Waals surface area contributed by atoms with Crippen molar-refractivity contribution in [1.29, 1.82) is 0 Å². The van der Waals surface area contributed by atoms with Crippen LogP contribution in [0.2, 0.25) is 0 Å².